The Morgan fingerprint density at radius 1 is 1.22 bits per heavy atom. The molecule has 0 unspecified atom stereocenters. The van der Waals surface area contributed by atoms with Crippen molar-refractivity contribution in [3.05, 3.63) is 59.2 Å². The van der Waals surface area contributed by atoms with E-state index < -0.39 is 6.10 Å². The number of amides is 1. The van der Waals surface area contributed by atoms with E-state index >= 15 is 0 Å². The Balaban J connectivity index is 1.62. The first-order valence-electron chi connectivity index (χ1n) is 7.42. The molecule has 1 amide bonds. The zero-order valence-electron chi connectivity index (χ0n) is 13.1. The minimum Gasteiger partial charge on any atom is -0.485 e. The summed E-state index contributed by atoms with van der Waals surface area (Å²) in [5.41, 5.74) is 5.71. The number of aryl methyl sites for hydroxylation is 2. The van der Waals surface area contributed by atoms with Crippen LogP contribution >= 0.6 is 0 Å². The Kier molecular flexibility index (Phi) is 4.28. The first-order valence-corrected chi connectivity index (χ1v) is 7.42. The van der Waals surface area contributed by atoms with E-state index in [0.29, 0.717) is 11.5 Å². The molecular weight excluding hydrogens is 292 g/mol. The van der Waals surface area contributed by atoms with Gasteiger partial charge >= 0.3 is 0 Å². The SMILES string of the molecule is Cc1ccc(C)c(/C=N\NC(=O)[C@H]2COc3ccccc3O2)c1. The average Bonchev–Trinajstić information content (AvgIpc) is 2.57. The quantitative estimate of drug-likeness (QED) is 0.700. The topological polar surface area (TPSA) is 59.9 Å². The molecule has 0 aromatic heterocycles. The third-order valence-electron chi connectivity index (χ3n) is 3.61. The van der Waals surface area contributed by atoms with E-state index in [0.717, 1.165) is 16.7 Å². The maximum absolute atomic E-state index is 12.1. The molecule has 0 bridgehead atoms. The van der Waals surface area contributed by atoms with Crippen molar-refractivity contribution in [1.29, 1.82) is 0 Å². The van der Waals surface area contributed by atoms with Gasteiger partial charge in [0, 0.05) is 0 Å². The molecule has 1 aliphatic heterocycles. The molecule has 1 heterocycles. The molecule has 1 N–H and O–H groups in total. The van der Waals surface area contributed by atoms with Crippen molar-refractivity contribution in [2.75, 3.05) is 6.61 Å². The zero-order chi connectivity index (χ0) is 16.2. The fourth-order valence-electron chi connectivity index (χ4n) is 2.29. The Hall–Kier alpha value is -2.82. The number of hydrazone groups is 1. The lowest BCUT2D eigenvalue weighted by Crippen LogP contribution is -2.42. The van der Waals surface area contributed by atoms with Crippen molar-refractivity contribution >= 4 is 12.1 Å². The van der Waals surface area contributed by atoms with Crippen LogP contribution in [0, 0.1) is 13.8 Å². The number of ether oxygens (including phenoxy) is 2. The normalized spacial score (nSPS) is 16.3. The number of carbonyl (C=O) groups excluding carboxylic acids is 1. The molecule has 2 aromatic carbocycles. The lowest BCUT2D eigenvalue weighted by Gasteiger charge is -2.24. The number of hydrogen-bond donors (Lipinski definition) is 1. The van der Waals surface area contributed by atoms with Gasteiger partial charge in [-0.1, -0.05) is 35.9 Å². The van der Waals surface area contributed by atoms with Crippen molar-refractivity contribution < 1.29 is 14.3 Å². The Bertz CT molecular complexity index is 756. The first kappa shape index (κ1) is 15.1. The third-order valence-corrected chi connectivity index (χ3v) is 3.61. The maximum atomic E-state index is 12.1. The van der Waals surface area contributed by atoms with Crippen molar-refractivity contribution in [3.63, 3.8) is 0 Å². The van der Waals surface area contributed by atoms with Crippen LogP contribution in [0.3, 0.4) is 0 Å². The second-order valence-electron chi connectivity index (χ2n) is 5.46. The predicted octanol–water partition coefficient (Wildman–Crippen LogP) is 2.59. The molecule has 5 nitrogen and oxygen atoms in total. The van der Waals surface area contributed by atoms with Crippen molar-refractivity contribution in [2.24, 2.45) is 5.10 Å². The summed E-state index contributed by atoms with van der Waals surface area (Å²) >= 11 is 0. The summed E-state index contributed by atoms with van der Waals surface area (Å²) in [6.45, 7) is 4.18. The van der Waals surface area contributed by atoms with Crippen LogP contribution in [0.5, 0.6) is 11.5 Å². The molecule has 5 heteroatoms. The number of para-hydroxylation sites is 2. The van der Waals surface area contributed by atoms with Gasteiger partial charge in [-0.25, -0.2) is 5.43 Å². The largest absolute Gasteiger partial charge is 0.485 e. The van der Waals surface area contributed by atoms with Crippen LogP contribution in [0.15, 0.2) is 47.6 Å². The van der Waals surface area contributed by atoms with E-state index in [9.17, 15) is 4.79 Å². The number of nitrogens with one attached hydrogen (secondary N) is 1. The molecule has 1 aliphatic rings. The number of fused-ring (bicyclic) bond motifs is 1. The first-order chi connectivity index (χ1) is 11.1. The monoisotopic (exact) mass is 310 g/mol. The fraction of sp³-hybridized carbons (Fsp3) is 0.222. The molecule has 1 atom stereocenters. The van der Waals surface area contributed by atoms with Crippen LogP contribution in [0.25, 0.3) is 0 Å². The molecule has 2 aromatic rings. The second-order valence-corrected chi connectivity index (χ2v) is 5.46. The van der Waals surface area contributed by atoms with Crippen molar-refractivity contribution in [1.82, 2.24) is 5.43 Å². The highest BCUT2D eigenvalue weighted by Gasteiger charge is 2.26. The highest BCUT2D eigenvalue weighted by molar-refractivity contribution is 5.85. The van der Waals surface area contributed by atoms with Gasteiger partial charge in [0.1, 0.15) is 6.61 Å². The summed E-state index contributed by atoms with van der Waals surface area (Å²) in [5, 5.41) is 4.01. The minimum absolute atomic E-state index is 0.168. The van der Waals surface area contributed by atoms with Gasteiger partial charge in [-0.05, 0) is 37.1 Å². The lowest BCUT2D eigenvalue weighted by atomic mass is 10.1. The van der Waals surface area contributed by atoms with Crippen molar-refractivity contribution in [2.45, 2.75) is 20.0 Å². The third kappa shape index (κ3) is 3.51. The van der Waals surface area contributed by atoms with Gasteiger partial charge in [-0.3, -0.25) is 4.79 Å². The molecule has 23 heavy (non-hydrogen) atoms. The van der Waals surface area contributed by atoms with Crippen LogP contribution in [-0.4, -0.2) is 24.8 Å². The molecule has 0 spiro atoms. The smallest absolute Gasteiger partial charge is 0.284 e. The van der Waals surface area contributed by atoms with E-state index in [1.54, 1.807) is 12.3 Å². The molecule has 118 valence electrons. The van der Waals surface area contributed by atoms with Gasteiger partial charge < -0.3 is 9.47 Å². The Labute approximate surface area is 134 Å². The number of rotatable bonds is 3. The van der Waals surface area contributed by atoms with Crippen LogP contribution in [0.2, 0.25) is 0 Å². The number of nitrogens with zero attached hydrogens (tertiary/aromatic N) is 1. The molecule has 0 radical (unpaired) electrons. The maximum Gasteiger partial charge on any atom is 0.284 e. The Morgan fingerprint density at radius 2 is 2.00 bits per heavy atom. The van der Waals surface area contributed by atoms with Gasteiger partial charge in [0.2, 0.25) is 6.10 Å². The minimum atomic E-state index is -0.708. The van der Waals surface area contributed by atoms with Gasteiger partial charge in [0.15, 0.2) is 11.5 Å². The van der Waals surface area contributed by atoms with E-state index in [-0.39, 0.29) is 12.5 Å². The fourth-order valence-corrected chi connectivity index (χ4v) is 2.29. The van der Waals surface area contributed by atoms with Crippen LogP contribution in [0.4, 0.5) is 0 Å². The van der Waals surface area contributed by atoms with E-state index in [1.807, 2.05) is 50.2 Å². The lowest BCUT2D eigenvalue weighted by molar-refractivity contribution is -0.130. The van der Waals surface area contributed by atoms with Crippen molar-refractivity contribution in [3.8, 4) is 11.5 Å². The summed E-state index contributed by atoms with van der Waals surface area (Å²) in [6.07, 6.45) is 0.929. The summed E-state index contributed by atoms with van der Waals surface area (Å²) < 4.78 is 11.1. The highest BCUT2D eigenvalue weighted by atomic mass is 16.6. The summed E-state index contributed by atoms with van der Waals surface area (Å²) in [7, 11) is 0. The van der Waals surface area contributed by atoms with Crippen LogP contribution in [-0.2, 0) is 4.79 Å². The number of hydrogen-bond acceptors (Lipinski definition) is 4. The van der Waals surface area contributed by atoms with Gasteiger partial charge in [0.05, 0.1) is 6.21 Å². The molecule has 0 saturated carbocycles. The number of carbonyl (C=O) groups is 1. The molecule has 0 fully saturated rings. The van der Waals surface area contributed by atoms with E-state index in [4.69, 9.17) is 9.47 Å². The van der Waals surface area contributed by atoms with Gasteiger partial charge in [-0.2, -0.15) is 5.10 Å². The summed E-state index contributed by atoms with van der Waals surface area (Å²) in [4.78, 5) is 12.1. The van der Waals surface area contributed by atoms with Gasteiger partial charge in [-0.15, -0.1) is 0 Å². The predicted molar refractivity (Wildman–Crippen MR) is 88.0 cm³/mol. The molecule has 0 aliphatic carbocycles. The average molecular weight is 310 g/mol. The zero-order valence-corrected chi connectivity index (χ0v) is 13.1. The highest BCUT2D eigenvalue weighted by Crippen LogP contribution is 2.30. The summed E-state index contributed by atoms with van der Waals surface area (Å²) in [5.74, 6) is 0.883. The number of benzene rings is 2. The molecule has 0 saturated heterocycles. The molecule has 3 rings (SSSR count). The van der Waals surface area contributed by atoms with E-state index in [2.05, 4.69) is 10.5 Å². The van der Waals surface area contributed by atoms with E-state index in [1.165, 1.54) is 0 Å². The Morgan fingerprint density at radius 3 is 2.83 bits per heavy atom. The van der Waals surface area contributed by atoms with Gasteiger partial charge in [0.25, 0.3) is 5.91 Å². The van der Waals surface area contributed by atoms with Crippen LogP contribution < -0.4 is 14.9 Å². The second kappa shape index (κ2) is 6.52. The molecular formula is C18H18N2O3. The standard InChI is InChI=1S/C18H18N2O3/c1-12-7-8-13(2)14(9-12)10-19-20-18(21)17-11-22-15-5-3-4-6-16(15)23-17/h3-10,17H,11H2,1-2H3,(H,20,21)/b19-10-/t17-/m1/s1. The van der Waals surface area contributed by atoms with Crippen LogP contribution in [0.1, 0.15) is 16.7 Å². The summed E-state index contributed by atoms with van der Waals surface area (Å²) in [6, 6.07) is 13.3.